The van der Waals surface area contributed by atoms with E-state index in [-0.39, 0.29) is 0 Å². The first kappa shape index (κ1) is 19.2. The zero-order valence-corrected chi connectivity index (χ0v) is 19.2. The monoisotopic (exact) mass is 433 g/mol. The second kappa shape index (κ2) is 6.19. The van der Waals surface area contributed by atoms with Crippen LogP contribution in [0.25, 0.3) is 54.5 Å². The fourth-order valence-electron chi connectivity index (χ4n) is 5.18. The summed E-state index contributed by atoms with van der Waals surface area (Å²) < 4.78 is 19.5. The van der Waals surface area contributed by atoms with Crippen molar-refractivity contribution in [1.82, 2.24) is 4.98 Å². The Labute approximate surface area is 191 Å². The molecular formula is C28H24BNO3. The van der Waals surface area contributed by atoms with E-state index >= 15 is 0 Å². The molecule has 0 radical (unpaired) electrons. The lowest BCUT2D eigenvalue weighted by atomic mass is 9.75. The van der Waals surface area contributed by atoms with Gasteiger partial charge >= 0.3 is 7.12 Å². The molecule has 0 bridgehead atoms. The number of nitrogens with one attached hydrogen (secondary N) is 1. The Morgan fingerprint density at radius 3 is 2.18 bits per heavy atom. The Bertz CT molecular complexity index is 1720. The number of para-hydroxylation sites is 1. The standard InChI is InChI=1S/C28H24BNO3/c1-27(2)28(3,4)33-29(32-27)21-15-20-18-11-7-8-12-22(18)31-26(20)25-23(21)19-14-13-16-9-5-6-10-17(16)24(19)30-25/h5-15,30H,1-4H3. The van der Waals surface area contributed by atoms with Gasteiger partial charge in [-0.3, -0.25) is 0 Å². The highest BCUT2D eigenvalue weighted by atomic mass is 16.7. The third-order valence-corrected chi connectivity index (χ3v) is 7.65. The van der Waals surface area contributed by atoms with Crippen LogP contribution in [0.15, 0.2) is 71.1 Å². The highest BCUT2D eigenvalue weighted by Crippen LogP contribution is 2.41. The fraction of sp³-hybridized carbons (Fsp3) is 0.214. The Balaban J connectivity index is 1.65. The fourth-order valence-corrected chi connectivity index (χ4v) is 5.18. The van der Waals surface area contributed by atoms with E-state index in [1.54, 1.807) is 0 Å². The molecule has 1 N–H and O–H groups in total. The molecule has 5 heteroatoms. The minimum absolute atomic E-state index is 0.420. The van der Waals surface area contributed by atoms with Crippen LogP contribution < -0.4 is 5.46 Å². The summed E-state index contributed by atoms with van der Waals surface area (Å²) in [5.74, 6) is 0. The van der Waals surface area contributed by atoms with Gasteiger partial charge in [-0.1, -0.05) is 54.6 Å². The van der Waals surface area contributed by atoms with E-state index < -0.39 is 18.3 Å². The Morgan fingerprint density at radius 1 is 0.697 bits per heavy atom. The second-order valence-corrected chi connectivity index (χ2v) is 10.1. The quantitative estimate of drug-likeness (QED) is 0.295. The van der Waals surface area contributed by atoms with Crippen molar-refractivity contribution >= 4 is 67.1 Å². The smallest absolute Gasteiger partial charge is 0.454 e. The number of H-pyrrole nitrogens is 1. The number of hydrogen-bond acceptors (Lipinski definition) is 3. The molecule has 0 atom stereocenters. The zero-order valence-electron chi connectivity index (χ0n) is 19.2. The predicted molar refractivity (Wildman–Crippen MR) is 136 cm³/mol. The molecule has 162 valence electrons. The molecule has 2 aromatic heterocycles. The Morgan fingerprint density at radius 2 is 1.39 bits per heavy atom. The molecule has 7 rings (SSSR count). The van der Waals surface area contributed by atoms with Gasteiger partial charge in [0.2, 0.25) is 0 Å². The van der Waals surface area contributed by atoms with Crippen molar-refractivity contribution < 1.29 is 13.7 Å². The van der Waals surface area contributed by atoms with Crippen LogP contribution in [-0.2, 0) is 9.31 Å². The molecule has 0 amide bonds. The molecule has 1 saturated heterocycles. The molecular weight excluding hydrogens is 409 g/mol. The maximum atomic E-state index is 6.53. The number of aromatic amines is 1. The topological polar surface area (TPSA) is 47.4 Å². The minimum Gasteiger partial charge on any atom is -0.454 e. The van der Waals surface area contributed by atoms with E-state index in [2.05, 4.69) is 87.3 Å². The minimum atomic E-state index is -0.471. The maximum absolute atomic E-state index is 6.53. The third-order valence-electron chi connectivity index (χ3n) is 7.65. The maximum Gasteiger partial charge on any atom is 0.495 e. The Hall–Kier alpha value is -3.28. The number of furan rings is 1. The van der Waals surface area contributed by atoms with E-state index in [0.717, 1.165) is 49.2 Å². The van der Waals surface area contributed by atoms with Gasteiger partial charge in [0.15, 0.2) is 5.58 Å². The summed E-state index contributed by atoms with van der Waals surface area (Å²) in [5, 5.41) is 6.80. The number of benzene rings is 4. The van der Waals surface area contributed by atoms with Gasteiger partial charge in [-0.25, -0.2) is 0 Å². The van der Waals surface area contributed by atoms with Crippen LogP contribution in [0.1, 0.15) is 27.7 Å². The third kappa shape index (κ3) is 2.49. The molecule has 0 spiro atoms. The van der Waals surface area contributed by atoms with E-state index in [0.29, 0.717) is 0 Å². The van der Waals surface area contributed by atoms with Crippen LogP contribution in [0, 0.1) is 0 Å². The summed E-state index contributed by atoms with van der Waals surface area (Å²) in [4.78, 5) is 3.73. The van der Waals surface area contributed by atoms with Crippen molar-refractivity contribution in [2.45, 2.75) is 38.9 Å². The Kier molecular flexibility index (Phi) is 3.60. The van der Waals surface area contributed by atoms with Gasteiger partial charge in [0.05, 0.1) is 22.2 Å². The van der Waals surface area contributed by atoms with E-state index in [1.165, 1.54) is 10.8 Å². The van der Waals surface area contributed by atoms with Crippen LogP contribution in [0.4, 0.5) is 0 Å². The van der Waals surface area contributed by atoms with Gasteiger partial charge < -0.3 is 18.7 Å². The lowest BCUT2D eigenvalue weighted by molar-refractivity contribution is 0.00578. The van der Waals surface area contributed by atoms with E-state index in [9.17, 15) is 0 Å². The number of aromatic nitrogens is 1. The summed E-state index contributed by atoms with van der Waals surface area (Å²) in [6.07, 6.45) is 0. The number of rotatable bonds is 1. The van der Waals surface area contributed by atoms with Crippen molar-refractivity contribution in [1.29, 1.82) is 0 Å². The van der Waals surface area contributed by atoms with Crippen molar-refractivity contribution in [2.75, 3.05) is 0 Å². The van der Waals surface area contributed by atoms with Gasteiger partial charge in [0, 0.05) is 26.9 Å². The molecule has 1 aliphatic rings. The van der Waals surface area contributed by atoms with Crippen LogP contribution in [0.2, 0.25) is 0 Å². The summed E-state index contributed by atoms with van der Waals surface area (Å²) in [6, 6.07) is 23.2. The average Bonchev–Trinajstić information content (AvgIpc) is 3.42. The second-order valence-electron chi connectivity index (χ2n) is 10.1. The summed E-state index contributed by atoms with van der Waals surface area (Å²) in [7, 11) is -0.471. The van der Waals surface area contributed by atoms with E-state index in [1.807, 2.05) is 12.1 Å². The lowest BCUT2D eigenvalue weighted by Gasteiger charge is -2.32. The first-order valence-electron chi connectivity index (χ1n) is 11.5. The van der Waals surface area contributed by atoms with Crippen LogP contribution in [0.5, 0.6) is 0 Å². The van der Waals surface area contributed by atoms with Crippen molar-refractivity contribution in [2.24, 2.45) is 0 Å². The molecule has 1 fully saturated rings. The predicted octanol–water partition coefficient (Wildman–Crippen LogP) is 6.67. The SMILES string of the molecule is CC1(C)OB(c2cc3c4ccccc4oc3c3[nH]c4c5ccccc5ccc4c23)OC1(C)C. The molecule has 4 nitrogen and oxygen atoms in total. The van der Waals surface area contributed by atoms with Crippen LogP contribution in [-0.4, -0.2) is 23.3 Å². The van der Waals surface area contributed by atoms with Gasteiger partial charge in [0.1, 0.15) is 5.58 Å². The molecule has 3 heterocycles. The molecule has 4 aromatic carbocycles. The number of hydrogen-bond donors (Lipinski definition) is 1. The summed E-state index contributed by atoms with van der Waals surface area (Å²) in [5.41, 5.74) is 4.03. The van der Waals surface area contributed by atoms with Crippen molar-refractivity contribution in [3.8, 4) is 0 Å². The summed E-state index contributed by atoms with van der Waals surface area (Å²) >= 11 is 0. The van der Waals surface area contributed by atoms with Gasteiger partial charge in [-0.05, 0) is 50.7 Å². The highest BCUT2D eigenvalue weighted by Gasteiger charge is 2.52. The zero-order chi connectivity index (χ0) is 22.5. The first-order chi connectivity index (χ1) is 15.8. The molecule has 6 aromatic rings. The normalized spacial score (nSPS) is 17.9. The lowest BCUT2D eigenvalue weighted by Crippen LogP contribution is -2.41. The van der Waals surface area contributed by atoms with Gasteiger partial charge in [-0.15, -0.1) is 0 Å². The molecule has 1 aliphatic heterocycles. The highest BCUT2D eigenvalue weighted by molar-refractivity contribution is 6.67. The first-order valence-corrected chi connectivity index (χ1v) is 11.5. The van der Waals surface area contributed by atoms with Gasteiger partial charge in [-0.2, -0.15) is 0 Å². The van der Waals surface area contributed by atoms with Crippen molar-refractivity contribution in [3.05, 3.63) is 66.7 Å². The number of fused-ring (bicyclic) bond motifs is 9. The van der Waals surface area contributed by atoms with Crippen LogP contribution in [0.3, 0.4) is 0 Å². The summed E-state index contributed by atoms with van der Waals surface area (Å²) in [6.45, 7) is 8.38. The van der Waals surface area contributed by atoms with E-state index in [4.69, 9.17) is 13.7 Å². The molecule has 0 saturated carbocycles. The molecule has 33 heavy (non-hydrogen) atoms. The van der Waals surface area contributed by atoms with Gasteiger partial charge in [0.25, 0.3) is 0 Å². The molecule has 0 aliphatic carbocycles. The average molecular weight is 433 g/mol. The van der Waals surface area contributed by atoms with Crippen LogP contribution >= 0.6 is 0 Å². The molecule has 0 unspecified atom stereocenters. The largest absolute Gasteiger partial charge is 0.495 e. The van der Waals surface area contributed by atoms with Crippen molar-refractivity contribution in [3.63, 3.8) is 0 Å².